The molecule has 2 aromatic carbocycles. The molecule has 6 nitrogen and oxygen atoms in total. The van der Waals surface area contributed by atoms with E-state index in [-0.39, 0.29) is 17.2 Å². The second-order valence-electron chi connectivity index (χ2n) is 6.52. The van der Waals surface area contributed by atoms with Crippen molar-refractivity contribution in [1.29, 1.82) is 0 Å². The first-order chi connectivity index (χ1) is 13.5. The van der Waals surface area contributed by atoms with Crippen molar-refractivity contribution in [3.63, 3.8) is 0 Å². The van der Waals surface area contributed by atoms with E-state index in [1.165, 1.54) is 16.3 Å². The number of rotatable bonds is 7. The summed E-state index contributed by atoms with van der Waals surface area (Å²) in [6, 6.07) is 13.4. The second kappa shape index (κ2) is 8.93. The molecule has 1 amide bonds. The summed E-state index contributed by atoms with van der Waals surface area (Å²) in [6.07, 6.45) is 0.743. The SMILES string of the molecule is COc1ccc(CCNC(=O)CSc2nc3ccc(C)cc3c(=O)n2C)cc1. The highest BCUT2D eigenvalue weighted by molar-refractivity contribution is 7.99. The number of thioether (sulfide) groups is 1. The first-order valence-corrected chi connectivity index (χ1v) is 9.96. The summed E-state index contributed by atoms with van der Waals surface area (Å²) in [5.41, 5.74) is 2.69. The van der Waals surface area contributed by atoms with Crippen LogP contribution in [0.3, 0.4) is 0 Å². The Labute approximate surface area is 167 Å². The molecule has 0 aliphatic heterocycles. The lowest BCUT2D eigenvalue weighted by Gasteiger charge is -2.09. The Kier molecular flexibility index (Phi) is 6.36. The van der Waals surface area contributed by atoms with E-state index in [1.54, 1.807) is 14.2 Å². The van der Waals surface area contributed by atoms with Crippen LogP contribution in [0.15, 0.2) is 52.4 Å². The van der Waals surface area contributed by atoms with Crippen LogP contribution in [0, 0.1) is 6.92 Å². The number of hydrogen-bond donors (Lipinski definition) is 1. The largest absolute Gasteiger partial charge is 0.497 e. The molecule has 0 radical (unpaired) electrons. The van der Waals surface area contributed by atoms with Gasteiger partial charge in [0.2, 0.25) is 5.91 Å². The molecule has 7 heteroatoms. The monoisotopic (exact) mass is 397 g/mol. The molecule has 0 saturated carbocycles. The maximum Gasteiger partial charge on any atom is 0.261 e. The average molecular weight is 398 g/mol. The standard InChI is InChI=1S/C21H23N3O3S/c1-14-4-9-18-17(12-14)20(26)24(2)21(23-18)28-13-19(25)22-11-10-15-5-7-16(27-3)8-6-15/h4-9,12H,10-11,13H2,1-3H3,(H,22,25). The third kappa shape index (κ3) is 4.72. The zero-order chi connectivity index (χ0) is 20.1. The smallest absolute Gasteiger partial charge is 0.261 e. The Balaban J connectivity index is 1.56. The molecule has 28 heavy (non-hydrogen) atoms. The first-order valence-electron chi connectivity index (χ1n) is 8.98. The minimum atomic E-state index is -0.101. The second-order valence-corrected chi connectivity index (χ2v) is 7.46. The van der Waals surface area contributed by atoms with Crippen LogP contribution in [0.5, 0.6) is 5.75 Å². The Bertz CT molecular complexity index is 1050. The zero-order valence-electron chi connectivity index (χ0n) is 16.2. The van der Waals surface area contributed by atoms with Gasteiger partial charge in [-0.3, -0.25) is 14.2 Å². The Morgan fingerprint density at radius 3 is 2.68 bits per heavy atom. The number of nitrogens with one attached hydrogen (secondary N) is 1. The molecule has 0 aliphatic rings. The number of aromatic nitrogens is 2. The molecule has 0 bridgehead atoms. The highest BCUT2D eigenvalue weighted by Crippen LogP contribution is 2.17. The molecular formula is C21H23N3O3S. The summed E-state index contributed by atoms with van der Waals surface area (Å²) >= 11 is 1.26. The molecule has 0 fully saturated rings. The third-order valence-electron chi connectivity index (χ3n) is 4.42. The van der Waals surface area contributed by atoms with E-state index in [1.807, 2.05) is 49.4 Å². The van der Waals surface area contributed by atoms with Crippen LogP contribution in [-0.2, 0) is 18.3 Å². The lowest BCUT2D eigenvalue weighted by atomic mass is 10.1. The fraction of sp³-hybridized carbons (Fsp3) is 0.286. The van der Waals surface area contributed by atoms with Crippen LogP contribution in [-0.4, -0.2) is 34.9 Å². The molecule has 3 rings (SSSR count). The van der Waals surface area contributed by atoms with Crippen LogP contribution >= 0.6 is 11.8 Å². The molecule has 0 unspecified atom stereocenters. The average Bonchev–Trinajstić information content (AvgIpc) is 2.70. The van der Waals surface area contributed by atoms with Crippen molar-refractivity contribution in [2.75, 3.05) is 19.4 Å². The normalized spacial score (nSPS) is 10.8. The minimum absolute atomic E-state index is 0.0863. The minimum Gasteiger partial charge on any atom is -0.497 e. The number of ether oxygens (including phenoxy) is 1. The molecule has 146 valence electrons. The number of methoxy groups -OCH3 is 1. The maximum atomic E-state index is 12.5. The number of amides is 1. The van der Waals surface area contributed by atoms with Gasteiger partial charge in [0.05, 0.1) is 23.8 Å². The van der Waals surface area contributed by atoms with Crippen molar-refractivity contribution in [2.24, 2.45) is 7.05 Å². The first kappa shape index (κ1) is 19.9. The van der Waals surface area contributed by atoms with Crippen molar-refractivity contribution in [3.8, 4) is 5.75 Å². The van der Waals surface area contributed by atoms with Gasteiger partial charge < -0.3 is 10.1 Å². The fourth-order valence-corrected chi connectivity index (χ4v) is 3.61. The van der Waals surface area contributed by atoms with Crippen molar-refractivity contribution < 1.29 is 9.53 Å². The highest BCUT2D eigenvalue weighted by Gasteiger charge is 2.11. The van der Waals surface area contributed by atoms with Crippen molar-refractivity contribution in [2.45, 2.75) is 18.5 Å². The summed E-state index contributed by atoms with van der Waals surface area (Å²) in [5, 5.41) is 4.03. The molecular weight excluding hydrogens is 374 g/mol. The van der Waals surface area contributed by atoms with E-state index in [0.717, 1.165) is 23.3 Å². The van der Waals surface area contributed by atoms with Gasteiger partial charge in [-0.05, 0) is 43.2 Å². The van der Waals surface area contributed by atoms with Gasteiger partial charge in [0.1, 0.15) is 5.75 Å². The van der Waals surface area contributed by atoms with Gasteiger partial charge in [-0.2, -0.15) is 0 Å². The number of aryl methyl sites for hydroxylation is 1. The number of benzene rings is 2. The number of carbonyl (C=O) groups excluding carboxylic acids is 1. The third-order valence-corrected chi connectivity index (χ3v) is 5.45. The van der Waals surface area contributed by atoms with Crippen LogP contribution in [0.1, 0.15) is 11.1 Å². The summed E-state index contributed by atoms with van der Waals surface area (Å²) in [4.78, 5) is 29.2. The van der Waals surface area contributed by atoms with E-state index in [4.69, 9.17) is 4.74 Å². The van der Waals surface area contributed by atoms with Gasteiger partial charge in [-0.1, -0.05) is 35.5 Å². The summed E-state index contributed by atoms with van der Waals surface area (Å²) in [7, 11) is 3.31. The van der Waals surface area contributed by atoms with E-state index in [9.17, 15) is 9.59 Å². The number of hydrogen-bond acceptors (Lipinski definition) is 5. The quantitative estimate of drug-likeness (QED) is 0.490. The highest BCUT2D eigenvalue weighted by atomic mass is 32.2. The number of carbonyl (C=O) groups is 1. The topological polar surface area (TPSA) is 73.2 Å². The van der Waals surface area contributed by atoms with Crippen LogP contribution in [0.25, 0.3) is 10.9 Å². The van der Waals surface area contributed by atoms with Crippen molar-refractivity contribution in [3.05, 3.63) is 63.9 Å². The van der Waals surface area contributed by atoms with Crippen molar-refractivity contribution in [1.82, 2.24) is 14.9 Å². The molecule has 0 aliphatic carbocycles. The lowest BCUT2D eigenvalue weighted by Crippen LogP contribution is -2.28. The molecule has 1 aromatic heterocycles. The lowest BCUT2D eigenvalue weighted by molar-refractivity contribution is -0.118. The van der Waals surface area contributed by atoms with E-state index in [2.05, 4.69) is 10.3 Å². The molecule has 1 heterocycles. The van der Waals surface area contributed by atoms with E-state index >= 15 is 0 Å². The summed E-state index contributed by atoms with van der Waals surface area (Å²) in [6.45, 7) is 2.49. The Morgan fingerprint density at radius 2 is 1.96 bits per heavy atom. The molecule has 0 atom stereocenters. The summed E-state index contributed by atoms with van der Waals surface area (Å²) in [5.74, 6) is 0.935. The Hall–Kier alpha value is -2.80. The summed E-state index contributed by atoms with van der Waals surface area (Å²) < 4.78 is 6.63. The zero-order valence-corrected chi connectivity index (χ0v) is 17.0. The van der Waals surface area contributed by atoms with Gasteiger partial charge in [0.25, 0.3) is 5.56 Å². The van der Waals surface area contributed by atoms with Crippen LogP contribution < -0.4 is 15.6 Å². The number of fused-ring (bicyclic) bond motifs is 1. The van der Waals surface area contributed by atoms with Gasteiger partial charge in [-0.25, -0.2) is 4.98 Å². The Morgan fingerprint density at radius 1 is 1.21 bits per heavy atom. The van der Waals surface area contributed by atoms with Crippen LogP contribution in [0.4, 0.5) is 0 Å². The predicted octanol–water partition coefficient (Wildman–Crippen LogP) is 2.70. The van der Waals surface area contributed by atoms with E-state index in [0.29, 0.717) is 22.6 Å². The van der Waals surface area contributed by atoms with Gasteiger partial charge in [0.15, 0.2) is 5.16 Å². The molecule has 0 saturated heterocycles. The molecule has 1 N–H and O–H groups in total. The molecule has 3 aromatic rings. The van der Waals surface area contributed by atoms with Crippen molar-refractivity contribution >= 4 is 28.6 Å². The predicted molar refractivity (Wildman–Crippen MR) is 112 cm³/mol. The van der Waals surface area contributed by atoms with Gasteiger partial charge >= 0.3 is 0 Å². The fourth-order valence-electron chi connectivity index (χ4n) is 2.81. The van der Waals surface area contributed by atoms with Gasteiger partial charge in [-0.15, -0.1) is 0 Å². The molecule has 0 spiro atoms. The maximum absolute atomic E-state index is 12.5. The number of nitrogens with zero attached hydrogens (tertiary/aromatic N) is 2. The van der Waals surface area contributed by atoms with Gasteiger partial charge in [0, 0.05) is 13.6 Å². The van der Waals surface area contributed by atoms with Crippen LogP contribution in [0.2, 0.25) is 0 Å². The van der Waals surface area contributed by atoms with E-state index < -0.39 is 0 Å².